The summed E-state index contributed by atoms with van der Waals surface area (Å²) < 4.78 is 5.47. The van der Waals surface area contributed by atoms with Crippen LogP contribution in [-0.4, -0.2) is 9.91 Å². The number of aryl methyl sites for hydroxylation is 1. The van der Waals surface area contributed by atoms with E-state index in [1.165, 1.54) is 12.1 Å². The van der Waals surface area contributed by atoms with Crippen molar-refractivity contribution in [2.45, 2.75) is 32.9 Å². The van der Waals surface area contributed by atoms with Gasteiger partial charge in [0.25, 0.3) is 5.69 Å². The molecule has 0 saturated heterocycles. The molecule has 0 fully saturated rings. The second-order valence-corrected chi connectivity index (χ2v) is 4.77. The molecule has 0 amide bonds. The molecule has 20 heavy (non-hydrogen) atoms. The van der Waals surface area contributed by atoms with Crippen LogP contribution in [0.3, 0.4) is 0 Å². The lowest BCUT2D eigenvalue weighted by Crippen LogP contribution is -2.22. The molecule has 6 nitrogen and oxygen atoms in total. The van der Waals surface area contributed by atoms with Gasteiger partial charge in [0.15, 0.2) is 0 Å². The van der Waals surface area contributed by atoms with Crippen molar-refractivity contribution in [1.82, 2.24) is 10.3 Å². The first-order chi connectivity index (χ1) is 9.47. The van der Waals surface area contributed by atoms with Crippen molar-refractivity contribution >= 4 is 5.69 Å². The summed E-state index contributed by atoms with van der Waals surface area (Å²) in [6, 6.07) is 6.53. The molecule has 106 valence electrons. The number of hydrogen-bond acceptors (Lipinski definition) is 5. The van der Waals surface area contributed by atoms with Crippen molar-refractivity contribution in [1.29, 1.82) is 0 Å². The Bertz CT molecular complexity index is 592. The Kier molecular flexibility index (Phi) is 4.14. The van der Waals surface area contributed by atoms with Crippen LogP contribution in [0.2, 0.25) is 0 Å². The first-order valence-electron chi connectivity index (χ1n) is 6.40. The summed E-state index contributed by atoms with van der Waals surface area (Å²) in [5.41, 5.74) is 1.07. The van der Waals surface area contributed by atoms with E-state index in [4.69, 9.17) is 4.42 Å². The molecule has 0 saturated carbocycles. The second kappa shape index (κ2) is 5.83. The number of nitro benzene ring substituents is 1. The third kappa shape index (κ3) is 3.21. The Labute approximate surface area is 117 Å². The second-order valence-electron chi connectivity index (χ2n) is 4.77. The van der Waals surface area contributed by atoms with Crippen LogP contribution in [0, 0.1) is 17.0 Å². The van der Waals surface area contributed by atoms with Crippen molar-refractivity contribution in [3.05, 3.63) is 57.8 Å². The number of non-ortho nitro benzene ring substituents is 1. The normalized spacial score (nSPS) is 13.9. The van der Waals surface area contributed by atoms with Gasteiger partial charge in [0, 0.05) is 18.2 Å². The van der Waals surface area contributed by atoms with Gasteiger partial charge in [-0.15, -0.1) is 0 Å². The first-order valence-corrected chi connectivity index (χ1v) is 6.40. The Morgan fingerprint density at radius 3 is 2.40 bits per heavy atom. The molecule has 1 N–H and O–H groups in total. The zero-order valence-electron chi connectivity index (χ0n) is 11.7. The lowest BCUT2D eigenvalue weighted by molar-refractivity contribution is -0.384. The lowest BCUT2D eigenvalue weighted by atomic mass is 10.1. The van der Waals surface area contributed by atoms with E-state index >= 15 is 0 Å². The van der Waals surface area contributed by atoms with Gasteiger partial charge in [0.2, 0.25) is 5.89 Å². The van der Waals surface area contributed by atoms with E-state index in [0.29, 0.717) is 5.89 Å². The van der Waals surface area contributed by atoms with Gasteiger partial charge in [0.05, 0.1) is 17.2 Å². The molecular formula is C14H17N3O3. The van der Waals surface area contributed by atoms with Gasteiger partial charge in [-0.3, -0.25) is 15.4 Å². The minimum atomic E-state index is -0.403. The van der Waals surface area contributed by atoms with Crippen LogP contribution in [-0.2, 0) is 0 Å². The molecule has 2 unspecified atom stereocenters. The topological polar surface area (TPSA) is 81.2 Å². The maximum Gasteiger partial charge on any atom is 0.269 e. The van der Waals surface area contributed by atoms with E-state index in [1.54, 1.807) is 18.3 Å². The fraction of sp³-hybridized carbons (Fsp3) is 0.357. The molecule has 0 radical (unpaired) electrons. The van der Waals surface area contributed by atoms with Gasteiger partial charge in [0.1, 0.15) is 5.76 Å². The molecule has 2 atom stereocenters. The molecule has 1 aromatic carbocycles. The maximum atomic E-state index is 10.6. The third-order valence-electron chi connectivity index (χ3n) is 3.11. The van der Waals surface area contributed by atoms with E-state index < -0.39 is 4.92 Å². The third-order valence-corrected chi connectivity index (χ3v) is 3.11. The van der Waals surface area contributed by atoms with Gasteiger partial charge in [-0.1, -0.05) is 12.1 Å². The lowest BCUT2D eigenvalue weighted by Gasteiger charge is -2.18. The SMILES string of the molecule is Cc1cnc(C(C)NC(C)c2ccc([N+](=O)[O-])cc2)o1. The summed E-state index contributed by atoms with van der Waals surface area (Å²) in [5.74, 6) is 1.41. The van der Waals surface area contributed by atoms with Crippen LogP contribution in [0.4, 0.5) is 5.69 Å². The number of hydrogen-bond donors (Lipinski definition) is 1. The Balaban J connectivity index is 2.04. The standard InChI is InChI=1S/C14H17N3O3/c1-9-8-15-14(20-9)11(3)16-10(2)12-4-6-13(7-5-12)17(18)19/h4-8,10-11,16H,1-3H3. The number of nitrogens with one attached hydrogen (secondary N) is 1. The summed E-state index contributed by atoms with van der Waals surface area (Å²) in [6.45, 7) is 5.81. The Hall–Kier alpha value is -2.21. The van der Waals surface area contributed by atoms with E-state index in [2.05, 4.69) is 10.3 Å². The highest BCUT2D eigenvalue weighted by molar-refractivity contribution is 5.34. The van der Waals surface area contributed by atoms with Crippen LogP contribution in [0.25, 0.3) is 0 Å². The number of aromatic nitrogens is 1. The summed E-state index contributed by atoms with van der Waals surface area (Å²) >= 11 is 0. The molecule has 2 aromatic rings. The molecular weight excluding hydrogens is 258 g/mol. The summed E-state index contributed by atoms with van der Waals surface area (Å²) in [6.07, 6.45) is 1.68. The number of benzene rings is 1. The van der Waals surface area contributed by atoms with Crippen LogP contribution < -0.4 is 5.32 Å². The highest BCUT2D eigenvalue weighted by Crippen LogP contribution is 2.21. The highest BCUT2D eigenvalue weighted by Gasteiger charge is 2.15. The molecule has 6 heteroatoms. The molecule has 0 aliphatic heterocycles. The van der Waals surface area contributed by atoms with E-state index in [-0.39, 0.29) is 17.8 Å². The summed E-state index contributed by atoms with van der Waals surface area (Å²) in [4.78, 5) is 14.4. The minimum Gasteiger partial charge on any atom is -0.444 e. The summed E-state index contributed by atoms with van der Waals surface area (Å²) in [7, 11) is 0. The monoisotopic (exact) mass is 275 g/mol. The average Bonchev–Trinajstić information content (AvgIpc) is 2.85. The number of oxazole rings is 1. The quantitative estimate of drug-likeness (QED) is 0.668. The van der Waals surface area contributed by atoms with Gasteiger partial charge in [-0.25, -0.2) is 4.98 Å². The van der Waals surface area contributed by atoms with Crippen molar-refractivity contribution in [3.63, 3.8) is 0 Å². The summed E-state index contributed by atoms with van der Waals surface area (Å²) in [5, 5.41) is 14.0. The largest absolute Gasteiger partial charge is 0.444 e. The average molecular weight is 275 g/mol. The maximum absolute atomic E-state index is 10.6. The van der Waals surface area contributed by atoms with Crippen LogP contribution >= 0.6 is 0 Å². The smallest absolute Gasteiger partial charge is 0.269 e. The molecule has 0 spiro atoms. The van der Waals surface area contributed by atoms with Gasteiger partial charge >= 0.3 is 0 Å². The zero-order chi connectivity index (χ0) is 14.7. The van der Waals surface area contributed by atoms with Crippen molar-refractivity contribution < 1.29 is 9.34 Å². The van der Waals surface area contributed by atoms with Crippen molar-refractivity contribution in [2.75, 3.05) is 0 Å². The van der Waals surface area contributed by atoms with Gasteiger partial charge < -0.3 is 4.42 Å². The van der Waals surface area contributed by atoms with Crippen molar-refractivity contribution in [3.8, 4) is 0 Å². The zero-order valence-corrected chi connectivity index (χ0v) is 11.7. The number of rotatable bonds is 5. The van der Waals surface area contributed by atoms with Gasteiger partial charge in [-0.2, -0.15) is 0 Å². The molecule has 0 aliphatic rings. The molecule has 1 heterocycles. The predicted molar refractivity (Wildman–Crippen MR) is 74.3 cm³/mol. The predicted octanol–water partition coefficient (Wildman–Crippen LogP) is 3.30. The first kappa shape index (κ1) is 14.2. The highest BCUT2D eigenvalue weighted by atomic mass is 16.6. The fourth-order valence-corrected chi connectivity index (χ4v) is 2.00. The van der Waals surface area contributed by atoms with Crippen LogP contribution in [0.15, 0.2) is 34.9 Å². The van der Waals surface area contributed by atoms with Crippen LogP contribution in [0.1, 0.15) is 43.1 Å². The molecule has 1 aromatic heterocycles. The van der Waals surface area contributed by atoms with Gasteiger partial charge in [-0.05, 0) is 26.3 Å². The molecule has 2 rings (SSSR count). The van der Waals surface area contributed by atoms with Crippen molar-refractivity contribution in [2.24, 2.45) is 0 Å². The van der Waals surface area contributed by atoms with E-state index in [0.717, 1.165) is 11.3 Å². The van der Waals surface area contributed by atoms with E-state index in [9.17, 15) is 10.1 Å². The Morgan fingerprint density at radius 1 is 1.25 bits per heavy atom. The Morgan fingerprint density at radius 2 is 1.90 bits per heavy atom. The fourth-order valence-electron chi connectivity index (χ4n) is 2.00. The molecule has 0 aliphatic carbocycles. The number of nitro groups is 1. The van der Waals surface area contributed by atoms with Crippen LogP contribution in [0.5, 0.6) is 0 Å². The number of nitrogens with zero attached hydrogens (tertiary/aromatic N) is 2. The molecule has 0 bridgehead atoms. The van der Waals surface area contributed by atoms with E-state index in [1.807, 2.05) is 20.8 Å². The minimum absolute atomic E-state index is 0.0334.